The van der Waals surface area contributed by atoms with Gasteiger partial charge in [-0.25, -0.2) is 0 Å². The highest BCUT2D eigenvalue weighted by molar-refractivity contribution is 5.82. The summed E-state index contributed by atoms with van der Waals surface area (Å²) >= 11 is 0. The van der Waals surface area contributed by atoms with E-state index in [9.17, 15) is 14.4 Å². The number of amides is 2. The lowest BCUT2D eigenvalue weighted by Gasteiger charge is -2.30. The molecule has 0 radical (unpaired) electrons. The monoisotopic (exact) mass is 290 g/mol. The molecule has 2 amide bonds. The van der Waals surface area contributed by atoms with Crippen LogP contribution in [0.4, 0.5) is 0 Å². The molecule has 1 aliphatic rings. The van der Waals surface area contributed by atoms with Crippen LogP contribution in [-0.4, -0.2) is 29.4 Å². The molecule has 6 heteroatoms. The van der Waals surface area contributed by atoms with E-state index in [0.29, 0.717) is 12.8 Å². The molecule has 1 unspecified atom stereocenters. The molecule has 0 spiro atoms. The number of carboxylic acids is 1. The topological polar surface area (TPSA) is 95.5 Å². The Bertz CT molecular complexity index is 544. The lowest BCUT2D eigenvalue weighted by atomic mass is 9.88. The predicted molar refractivity (Wildman–Crippen MR) is 75.4 cm³/mol. The molecule has 1 aromatic rings. The summed E-state index contributed by atoms with van der Waals surface area (Å²) in [5.41, 5.74) is 0.339. The largest absolute Gasteiger partial charge is 0.481 e. The molecular formula is C15H18N2O4. The number of rotatable bonds is 6. The summed E-state index contributed by atoms with van der Waals surface area (Å²) < 4.78 is 0. The summed E-state index contributed by atoms with van der Waals surface area (Å²) in [6.45, 7) is 0.265. The second-order valence-corrected chi connectivity index (χ2v) is 5.17. The minimum Gasteiger partial charge on any atom is -0.481 e. The molecule has 112 valence electrons. The first kappa shape index (κ1) is 15.0. The third kappa shape index (κ3) is 3.81. The van der Waals surface area contributed by atoms with Gasteiger partial charge < -0.3 is 15.7 Å². The molecule has 6 nitrogen and oxygen atoms in total. The molecule has 2 rings (SSSR count). The van der Waals surface area contributed by atoms with Crippen molar-refractivity contribution in [2.75, 3.05) is 6.54 Å². The summed E-state index contributed by atoms with van der Waals surface area (Å²) in [6, 6.07) is 9.48. The zero-order valence-electron chi connectivity index (χ0n) is 11.6. The number of hydrogen-bond donors (Lipinski definition) is 3. The van der Waals surface area contributed by atoms with Crippen LogP contribution < -0.4 is 10.6 Å². The van der Waals surface area contributed by atoms with E-state index in [-0.39, 0.29) is 31.2 Å². The number of carbonyl (C=O) groups excluding carboxylic acids is 2. The molecule has 21 heavy (non-hydrogen) atoms. The number of hydrogen-bond acceptors (Lipinski definition) is 3. The zero-order chi connectivity index (χ0) is 15.3. The lowest BCUT2D eigenvalue weighted by molar-refractivity contribution is -0.138. The first-order valence-corrected chi connectivity index (χ1v) is 6.87. The summed E-state index contributed by atoms with van der Waals surface area (Å²) in [5, 5.41) is 14.2. The lowest BCUT2D eigenvalue weighted by Crippen LogP contribution is -2.48. The van der Waals surface area contributed by atoms with Crippen molar-refractivity contribution in [3.05, 3.63) is 35.9 Å². The Morgan fingerprint density at radius 1 is 1.24 bits per heavy atom. The molecule has 1 saturated heterocycles. The van der Waals surface area contributed by atoms with Gasteiger partial charge in [-0.1, -0.05) is 30.3 Å². The van der Waals surface area contributed by atoms with E-state index < -0.39 is 11.5 Å². The van der Waals surface area contributed by atoms with Crippen LogP contribution in [0.25, 0.3) is 0 Å². The van der Waals surface area contributed by atoms with Gasteiger partial charge in [-0.05, 0) is 12.0 Å². The van der Waals surface area contributed by atoms with Crippen LogP contribution in [-0.2, 0) is 19.9 Å². The van der Waals surface area contributed by atoms with Crippen molar-refractivity contribution in [3.63, 3.8) is 0 Å². The molecule has 1 aliphatic heterocycles. The fourth-order valence-electron chi connectivity index (χ4n) is 2.49. The highest BCUT2D eigenvalue weighted by Gasteiger charge is 2.39. The SMILES string of the molecule is O=C(O)CCC(=O)NCC1(c2ccccc2)CCC(=O)N1. The average Bonchev–Trinajstić information content (AvgIpc) is 2.86. The van der Waals surface area contributed by atoms with Crippen molar-refractivity contribution >= 4 is 17.8 Å². The highest BCUT2D eigenvalue weighted by atomic mass is 16.4. The fraction of sp³-hybridized carbons (Fsp3) is 0.400. The molecule has 0 saturated carbocycles. The van der Waals surface area contributed by atoms with Gasteiger partial charge in [0.15, 0.2) is 0 Å². The smallest absolute Gasteiger partial charge is 0.303 e. The van der Waals surface area contributed by atoms with Gasteiger partial charge >= 0.3 is 5.97 Å². The van der Waals surface area contributed by atoms with E-state index in [1.165, 1.54) is 0 Å². The Kier molecular flexibility index (Phi) is 4.57. The Morgan fingerprint density at radius 2 is 1.95 bits per heavy atom. The minimum absolute atomic E-state index is 0.0429. The van der Waals surface area contributed by atoms with Crippen LogP contribution in [0, 0.1) is 0 Å². The summed E-state index contributed by atoms with van der Waals surface area (Å²) in [7, 11) is 0. The summed E-state index contributed by atoms with van der Waals surface area (Å²) in [6.07, 6.45) is 0.764. The molecule has 3 N–H and O–H groups in total. The van der Waals surface area contributed by atoms with E-state index in [4.69, 9.17) is 5.11 Å². The van der Waals surface area contributed by atoms with E-state index in [1.807, 2.05) is 30.3 Å². The van der Waals surface area contributed by atoms with Gasteiger partial charge in [0.25, 0.3) is 0 Å². The van der Waals surface area contributed by atoms with Gasteiger partial charge in [-0.3, -0.25) is 14.4 Å². The van der Waals surface area contributed by atoms with Crippen LogP contribution in [0.1, 0.15) is 31.2 Å². The molecule has 1 atom stereocenters. The molecule has 1 fully saturated rings. The van der Waals surface area contributed by atoms with Crippen molar-refractivity contribution in [2.24, 2.45) is 0 Å². The van der Waals surface area contributed by atoms with Crippen LogP contribution in [0.3, 0.4) is 0 Å². The predicted octanol–water partition coefficient (Wildman–Crippen LogP) is 0.773. The molecule has 1 heterocycles. The Hall–Kier alpha value is -2.37. The van der Waals surface area contributed by atoms with Crippen LogP contribution in [0.5, 0.6) is 0 Å². The first-order valence-electron chi connectivity index (χ1n) is 6.87. The maximum absolute atomic E-state index is 11.7. The van der Waals surface area contributed by atoms with Crippen molar-refractivity contribution in [2.45, 2.75) is 31.2 Å². The average molecular weight is 290 g/mol. The standard InChI is InChI=1S/C15H18N2O4/c18-12(6-7-14(20)21)16-10-15(9-8-13(19)17-15)11-4-2-1-3-5-11/h1-5H,6-10H2,(H,16,18)(H,17,19)(H,20,21). The number of benzene rings is 1. The van der Waals surface area contributed by atoms with Gasteiger partial charge in [0, 0.05) is 19.4 Å². The molecule has 1 aromatic carbocycles. The van der Waals surface area contributed by atoms with Gasteiger partial charge in [0.05, 0.1) is 12.0 Å². The first-order chi connectivity index (χ1) is 10.0. The second kappa shape index (κ2) is 6.39. The highest BCUT2D eigenvalue weighted by Crippen LogP contribution is 2.30. The quantitative estimate of drug-likeness (QED) is 0.721. The summed E-state index contributed by atoms with van der Waals surface area (Å²) in [5.74, 6) is -1.37. The van der Waals surface area contributed by atoms with Gasteiger partial charge in [-0.2, -0.15) is 0 Å². The maximum Gasteiger partial charge on any atom is 0.303 e. The fourth-order valence-corrected chi connectivity index (χ4v) is 2.49. The Labute approximate surface area is 122 Å². The van der Waals surface area contributed by atoms with Crippen LogP contribution in [0.2, 0.25) is 0 Å². The zero-order valence-corrected chi connectivity index (χ0v) is 11.6. The van der Waals surface area contributed by atoms with E-state index in [1.54, 1.807) is 0 Å². The number of carboxylic acid groups (broad SMARTS) is 1. The van der Waals surface area contributed by atoms with Gasteiger partial charge in [0.2, 0.25) is 11.8 Å². The van der Waals surface area contributed by atoms with Crippen molar-refractivity contribution in [1.29, 1.82) is 0 Å². The number of nitrogens with one attached hydrogen (secondary N) is 2. The van der Waals surface area contributed by atoms with Crippen molar-refractivity contribution < 1.29 is 19.5 Å². The van der Waals surface area contributed by atoms with Crippen molar-refractivity contribution in [1.82, 2.24) is 10.6 Å². The van der Waals surface area contributed by atoms with E-state index in [0.717, 1.165) is 5.56 Å². The third-order valence-electron chi connectivity index (χ3n) is 3.64. The van der Waals surface area contributed by atoms with Crippen LogP contribution >= 0.6 is 0 Å². The summed E-state index contributed by atoms with van der Waals surface area (Å²) in [4.78, 5) is 33.7. The van der Waals surface area contributed by atoms with Crippen LogP contribution in [0.15, 0.2) is 30.3 Å². The van der Waals surface area contributed by atoms with E-state index in [2.05, 4.69) is 10.6 Å². The van der Waals surface area contributed by atoms with Gasteiger partial charge in [-0.15, -0.1) is 0 Å². The molecule has 0 aromatic heterocycles. The second-order valence-electron chi connectivity index (χ2n) is 5.17. The molecule has 0 aliphatic carbocycles. The molecule has 0 bridgehead atoms. The Balaban J connectivity index is 2.03. The maximum atomic E-state index is 11.7. The number of carbonyl (C=O) groups is 3. The molecular weight excluding hydrogens is 272 g/mol. The van der Waals surface area contributed by atoms with E-state index >= 15 is 0 Å². The Morgan fingerprint density at radius 3 is 2.52 bits per heavy atom. The normalized spacial score (nSPS) is 20.9. The van der Waals surface area contributed by atoms with Gasteiger partial charge in [0.1, 0.15) is 0 Å². The third-order valence-corrected chi connectivity index (χ3v) is 3.64. The van der Waals surface area contributed by atoms with Crippen molar-refractivity contribution in [3.8, 4) is 0 Å². The number of aliphatic carboxylic acids is 1. The minimum atomic E-state index is -1.00.